The van der Waals surface area contributed by atoms with Gasteiger partial charge in [0.2, 0.25) is 11.6 Å². The van der Waals surface area contributed by atoms with E-state index in [1.165, 1.54) is 7.11 Å². The molecular formula is C30H38O10. The zero-order valence-electron chi connectivity index (χ0n) is 23.8. The fraction of sp³-hybridized carbons (Fsp3) is 0.767. The second kappa shape index (κ2) is 7.83. The van der Waals surface area contributed by atoms with Crippen LogP contribution in [0.5, 0.6) is 0 Å². The molecule has 7 rings (SSSR count). The van der Waals surface area contributed by atoms with Gasteiger partial charge in [-0.15, -0.1) is 0 Å². The summed E-state index contributed by atoms with van der Waals surface area (Å²) >= 11 is 0. The Morgan fingerprint density at radius 3 is 2.52 bits per heavy atom. The van der Waals surface area contributed by atoms with Gasteiger partial charge >= 0.3 is 11.9 Å². The Labute approximate surface area is 233 Å². The van der Waals surface area contributed by atoms with Crippen LogP contribution >= 0.6 is 0 Å². The number of cyclic esters (lactones) is 1. The van der Waals surface area contributed by atoms with Gasteiger partial charge in [0, 0.05) is 30.9 Å². The molecule has 40 heavy (non-hydrogen) atoms. The molecule has 0 radical (unpaired) electrons. The maximum Gasteiger partial charge on any atom is 0.339 e. The Bertz CT molecular complexity index is 1280. The smallest absolute Gasteiger partial charge is 0.339 e. The van der Waals surface area contributed by atoms with Crippen LogP contribution in [0.25, 0.3) is 0 Å². The molecule has 4 saturated heterocycles. The summed E-state index contributed by atoms with van der Waals surface area (Å²) in [6, 6.07) is 0. The number of carbonyl (C=O) groups is 3. The molecule has 2 spiro atoms. The van der Waals surface area contributed by atoms with E-state index in [0.29, 0.717) is 24.2 Å². The number of hydrogen-bond donors (Lipinski definition) is 2. The number of methoxy groups -OCH3 is 1. The number of carbonyl (C=O) groups excluding carboxylic acids is 3. The monoisotopic (exact) mass is 558 g/mol. The highest BCUT2D eigenvalue weighted by atomic mass is 16.7. The maximum atomic E-state index is 14.5. The summed E-state index contributed by atoms with van der Waals surface area (Å²) < 4.78 is 30.6. The molecule has 7 aliphatic rings. The molecule has 0 aromatic heterocycles. The van der Waals surface area contributed by atoms with E-state index in [1.54, 1.807) is 13.0 Å². The van der Waals surface area contributed by atoms with Crippen molar-refractivity contribution in [1.29, 1.82) is 0 Å². The van der Waals surface area contributed by atoms with Crippen LogP contribution in [0.1, 0.15) is 60.3 Å². The normalized spacial score (nSPS) is 53.5. The summed E-state index contributed by atoms with van der Waals surface area (Å²) in [7, 11) is 1.48. The van der Waals surface area contributed by atoms with Crippen LogP contribution in [0.2, 0.25) is 0 Å². The summed E-state index contributed by atoms with van der Waals surface area (Å²) in [5, 5.41) is 22.5. The largest absolute Gasteiger partial charge is 0.454 e. The molecule has 0 aromatic carbocycles. The minimum absolute atomic E-state index is 0.00674. The van der Waals surface area contributed by atoms with Crippen LogP contribution < -0.4 is 0 Å². The van der Waals surface area contributed by atoms with Crippen molar-refractivity contribution in [2.24, 2.45) is 35.0 Å². The van der Waals surface area contributed by atoms with Crippen LogP contribution in [-0.4, -0.2) is 75.9 Å². The molecule has 5 aliphatic heterocycles. The van der Waals surface area contributed by atoms with Gasteiger partial charge in [0.25, 0.3) is 0 Å². The zero-order chi connectivity index (χ0) is 28.8. The summed E-state index contributed by atoms with van der Waals surface area (Å²) in [5.74, 6) is -4.11. The van der Waals surface area contributed by atoms with Crippen molar-refractivity contribution in [3.8, 4) is 0 Å². The number of fused-ring (bicyclic) bond motifs is 3. The lowest BCUT2D eigenvalue weighted by Gasteiger charge is -2.41. The van der Waals surface area contributed by atoms with Gasteiger partial charge in [-0.3, -0.25) is 4.79 Å². The molecule has 10 nitrogen and oxygen atoms in total. The maximum absolute atomic E-state index is 14.5. The number of Topliss-reactive ketones (excluding diaryl/α,β-unsaturated/α-hetero) is 1. The predicted octanol–water partition coefficient (Wildman–Crippen LogP) is 1.96. The summed E-state index contributed by atoms with van der Waals surface area (Å²) in [6.07, 6.45) is 1.64. The number of hydrogen-bond acceptors (Lipinski definition) is 10. The van der Waals surface area contributed by atoms with Gasteiger partial charge in [-0.05, 0) is 69.4 Å². The third-order valence-corrected chi connectivity index (χ3v) is 11.6. The lowest BCUT2D eigenvalue weighted by Crippen LogP contribution is -2.52. The fourth-order valence-corrected chi connectivity index (χ4v) is 9.95. The van der Waals surface area contributed by atoms with Gasteiger partial charge in [0.1, 0.15) is 17.5 Å². The molecule has 2 aliphatic carbocycles. The minimum atomic E-state index is -1.58. The van der Waals surface area contributed by atoms with Crippen LogP contribution in [0.3, 0.4) is 0 Å². The highest BCUT2D eigenvalue weighted by Gasteiger charge is 2.84. The first-order valence-corrected chi connectivity index (χ1v) is 14.3. The number of rotatable bonds is 3. The van der Waals surface area contributed by atoms with Gasteiger partial charge in [0.15, 0.2) is 6.10 Å². The van der Waals surface area contributed by atoms with Crippen LogP contribution in [0.4, 0.5) is 0 Å². The van der Waals surface area contributed by atoms with E-state index in [2.05, 4.69) is 6.92 Å². The highest BCUT2D eigenvalue weighted by molar-refractivity contribution is 5.93. The van der Waals surface area contributed by atoms with Gasteiger partial charge in [-0.1, -0.05) is 13.8 Å². The number of allylic oxidation sites excluding steroid dienone is 2. The second-order valence-corrected chi connectivity index (χ2v) is 14.0. The Hall–Kier alpha value is -2.11. The van der Waals surface area contributed by atoms with E-state index in [0.717, 1.165) is 0 Å². The molecule has 0 amide bonds. The average molecular weight is 559 g/mol. The number of ether oxygens (including phenoxy) is 5. The van der Waals surface area contributed by atoms with E-state index in [4.69, 9.17) is 23.7 Å². The van der Waals surface area contributed by atoms with Crippen molar-refractivity contribution in [2.45, 2.75) is 101 Å². The van der Waals surface area contributed by atoms with Gasteiger partial charge in [0.05, 0.1) is 23.2 Å². The topological polar surface area (TPSA) is 138 Å². The van der Waals surface area contributed by atoms with Crippen LogP contribution in [0.15, 0.2) is 23.5 Å². The molecule has 5 heterocycles. The van der Waals surface area contributed by atoms with E-state index in [-0.39, 0.29) is 47.8 Å². The van der Waals surface area contributed by atoms with Crippen molar-refractivity contribution < 1.29 is 48.3 Å². The van der Waals surface area contributed by atoms with Gasteiger partial charge in [-0.25, -0.2) is 9.59 Å². The Morgan fingerprint density at radius 2 is 1.88 bits per heavy atom. The SMILES string of the molecule is CO[C@]12O[C@@]3(CC[C@]4(C)[C@H]([C@H](C)/C=C5\C=C(C)C(=O)O5)[C@H]14)C[C@]14OC(=O)[C@H](O)[C@H]1OC(C)(C)[C@@H]4C[C@H](O)[C@H]3C2=O. The molecule has 10 heteroatoms. The second-order valence-electron chi connectivity index (χ2n) is 14.0. The number of aliphatic hydroxyl groups is 2. The summed E-state index contributed by atoms with van der Waals surface area (Å²) in [6.45, 7) is 9.63. The minimum Gasteiger partial charge on any atom is -0.454 e. The molecule has 0 aromatic rings. The lowest BCUT2D eigenvalue weighted by atomic mass is 9.69. The fourth-order valence-electron chi connectivity index (χ4n) is 9.95. The summed E-state index contributed by atoms with van der Waals surface area (Å²) in [5.41, 5.74) is -2.96. The van der Waals surface area contributed by atoms with Crippen molar-refractivity contribution in [3.05, 3.63) is 23.5 Å². The number of aliphatic hydroxyl groups excluding tert-OH is 2. The standard InChI is InChI=1S/C30H38O10/c1-13(9-15-10-14(2)24(34)37-15)18-21-27(18,5)7-8-28-12-29-17(26(3,4)38-23(29)20(32)25(35)39-29)11-16(31)19(28)22(33)30(21,36-6)40-28/h9-10,13,16-21,23,31-32H,7-8,11-12H2,1-6H3/b15-9+/t13-,16+,17+,18-,19+,20-,21+,23-,27-,28+,29-,30+/m1/s1. The van der Waals surface area contributed by atoms with Gasteiger partial charge in [-0.2, -0.15) is 0 Å². The molecule has 218 valence electrons. The van der Waals surface area contributed by atoms with E-state index in [9.17, 15) is 24.6 Å². The third kappa shape index (κ3) is 3.04. The average Bonchev–Trinajstić information content (AvgIpc) is 3.11. The summed E-state index contributed by atoms with van der Waals surface area (Å²) in [4.78, 5) is 39.0. The zero-order valence-corrected chi connectivity index (χ0v) is 23.8. The van der Waals surface area contributed by atoms with Crippen molar-refractivity contribution >= 4 is 17.7 Å². The molecule has 2 saturated carbocycles. The molecule has 0 unspecified atom stereocenters. The molecule has 6 fully saturated rings. The molecular weight excluding hydrogens is 520 g/mol. The number of ketones is 1. The first-order valence-electron chi connectivity index (χ1n) is 14.3. The molecule has 2 N–H and O–H groups in total. The quantitative estimate of drug-likeness (QED) is 0.495. The van der Waals surface area contributed by atoms with Gasteiger partial charge < -0.3 is 33.9 Å². The van der Waals surface area contributed by atoms with E-state index in [1.807, 2.05) is 26.8 Å². The van der Waals surface area contributed by atoms with E-state index < -0.39 is 58.7 Å². The Morgan fingerprint density at radius 1 is 1.15 bits per heavy atom. The molecule has 12 atom stereocenters. The lowest BCUT2D eigenvalue weighted by molar-refractivity contribution is -0.256. The Kier molecular flexibility index (Phi) is 5.24. The van der Waals surface area contributed by atoms with Crippen LogP contribution in [0, 0.1) is 35.0 Å². The van der Waals surface area contributed by atoms with Crippen molar-refractivity contribution in [3.63, 3.8) is 0 Å². The van der Waals surface area contributed by atoms with E-state index >= 15 is 0 Å². The van der Waals surface area contributed by atoms with Crippen LogP contribution in [-0.2, 0) is 38.1 Å². The predicted molar refractivity (Wildman–Crippen MR) is 136 cm³/mol. The van der Waals surface area contributed by atoms with Crippen molar-refractivity contribution in [2.75, 3.05) is 7.11 Å². The van der Waals surface area contributed by atoms with Crippen molar-refractivity contribution in [1.82, 2.24) is 0 Å². The number of esters is 2. The third-order valence-electron chi connectivity index (χ3n) is 11.6. The Balaban J connectivity index is 1.28. The highest BCUT2D eigenvalue weighted by Crippen LogP contribution is 2.76. The first kappa shape index (κ1) is 26.8. The molecule has 2 bridgehead atoms. The first-order chi connectivity index (χ1) is 18.7.